The van der Waals surface area contributed by atoms with Gasteiger partial charge in [0.25, 0.3) is 5.91 Å². The molecule has 0 aliphatic carbocycles. The molecule has 0 bridgehead atoms. The van der Waals surface area contributed by atoms with Crippen LogP contribution in [0.5, 0.6) is 5.75 Å². The second-order valence-corrected chi connectivity index (χ2v) is 4.67. The number of nitrogens with zero attached hydrogens (tertiary/aromatic N) is 1. The Kier molecular flexibility index (Phi) is 8.20. The molecule has 1 rings (SSSR count). The molecule has 1 amide bonds. The lowest BCUT2D eigenvalue weighted by Crippen LogP contribution is -2.27. The van der Waals surface area contributed by atoms with E-state index < -0.39 is 0 Å². The zero-order valence-corrected chi connectivity index (χ0v) is 13.7. The van der Waals surface area contributed by atoms with Crippen LogP contribution in [-0.2, 0) is 14.3 Å². The minimum absolute atomic E-state index is 0.0560. The number of ether oxygens (including phenoxy) is 2. The van der Waals surface area contributed by atoms with Crippen LogP contribution in [0.15, 0.2) is 29.4 Å². The molecular formula is C16H23N3O4. The lowest BCUT2D eigenvalue weighted by Gasteiger charge is -2.07. The largest absolute Gasteiger partial charge is 0.494 e. The van der Waals surface area contributed by atoms with Crippen LogP contribution in [0.4, 0.5) is 5.69 Å². The van der Waals surface area contributed by atoms with Gasteiger partial charge in [0.1, 0.15) is 5.75 Å². The van der Waals surface area contributed by atoms with Gasteiger partial charge < -0.3 is 14.8 Å². The number of carbonyl (C=O) groups is 2. The van der Waals surface area contributed by atoms with Gasteiger partial charge in [-0.3, -0.25) is 9.59 Å². The van der Waals surface area contributed by atoms with Gasteiger partial charge in [-0.1, -0.05) is 0 Å². The van der Waals surface area contributed by atoms with Crippen molar-refractivity contribution in [2.45, 2.75) is 27.2 Å². The van der Waals surface area contributed by atoms with Crippen molar-refractivity contribution in [3.8, 4) is 5.75 Å². The summed E-state index contributed by atoms with van der Waals surface area (Å²) in [5.41, 5.74) is 3.67. The number of amides is 1. The molecule has 0 saturated heterocycles. The highest BCUT2D eigenvalue weighted by atomic mass is 16.5. The first kappa shape index (κ1) is 18.5. The molecule has 7 nitrogen and oxygen atoms in total. The Morgan fingerprint density at radius 1 is 1.13 bits per heavy atom. The van der Waals surface area contributed by atoms with E-state index in [2.05, 4.69) is 15.8 Å². The summed E-state index contributed by atoms with van der Waals surface area (Å²) in [4.78, 5) is 22.9. The van der Waals surface area contributed by atoms with Gasteiger partial charge in [0, 0.05) is 11.4 Å². The molecule has 0 heterocycles. The highest BCUT2D eigenvalue weighted by Crippen LogP contribution is 2.15. The predicted octanol–water partition coefficient (Wildman–Crippen LogP) is 1.94. The molecule has 126 valence electrons. The van der Waals surface area contributed by atoms with Crippen LogP contribution < -0.4 is 15.5 Å². The van der Waals surface area contributed by atoms with E-state index in [4.69, 9.17) is 9.47 Å². The summed E-state index contributed by atoms with van der Waals surface area (Å²) < 4.78 is 10.1. The normalized spacial score (nSPS) is 10.8. The zero-order chi connectivity index (χ0) is 17.1. The summed E-state index contributed by atoms with van der Waals surface area (Å²) in [6.45, 7) is 6.31. The maximum absolute atomic E-state index is 11.7. The van der Waals surface area contributed by atoms with E-state index in [-0.39, 0.29) is 24.8 Å². The summed E-state index contributed by atoms with van der Waals surface area (Å²) in [6.07, 6.45) is 0.0560. The number of carbonyl (C=O) groups excluding carboxylic acids is 2. The molecule has 2 N–H and O–H groups in total. The Bertz CT molecular complexity index is 541. The third kappa shape index (κ3) is 7.85. The maximum atomic E-state index is 11.7. The number of hydrogen-bond donors (Lipinski definition) is 2. The summed E-state index contributed by atoms with van der Waals surface area (Å²) in [6, 6.07) is 7.30. The highest BCUT2D eigenvalue weighted by molar-refractivity contribution is 5.98. The van der Waals surface area contributed by atoms with E-state index in [1.807, 2.05) is 31.2 Å². The molecule has 1 aromatic carbocycles. The van der Waals surface area contributed by atoms with Gasteiger partial charge in [-0.05, 0) is 45.0 Å². The van der Waals surface area contributed by atoms with Crippen molar-refractivity contribution in [2.24, 2.45) is 5.10 Å². The van der Waals surface area contributed by atoms with E-state index in [1.165, 1.54) is 0 Å². The van der Waals surface area contributed by atoms with Crippen LogP contribution in [0, 0.1) is 0 Å². The van der Waals surface area contributed by atoms with Crippen molar-refractivity contribution in [3.05, 3.63) is 24.3 Å². The van der Waals surface area contributed by atoms with Crippen LogP contribution in [0.3, 0.4) is 0 Å². The first-order valence-corrected chi connectivity index (χ1v) is 7.49. The molecule has 0 saturated carbocycles. The van der Waals surface area contributed by atoms with Crippen LogP contribution in [-0.4, -0.2) is 37.3 Å². The SMILES string of the molecule is CCOC(=O)C/C(C)=N\NC(=O)CNc1ccc(OCC)cc1. The predicted molar refractivity (Wildman–Crippen MR) is 88.6 cm³/mol. The van der Waals surface area contributed by atoms with Crippen LogP contribution in [0.25, 0.3) is 0 Å². The third-order valence-corrected chi connectivity index (χ3v) is 2.70. The molecule has 0 spiro atoms. The monoisotopic (exact) mass is 321 g/mol. The van der Waals surface area contributed by atoms with Gasteiger partial charge in [0.15, 0.2) is 0 Å². The van der Waals surface area contributed by atoms with Crippen molar-refractivity contribution in [1.82, 2.24) is 5.43 Å². The van der Waals surface area contributed by atoms with E-state index in [0.29, 0.717) is 18.9 Å². The third-order valence-electron chi connectivity index (χ3n) is 2.70. The first-order valence-electron chi connectivity index (χ1n) is 7.49. The number of nitrogens with one attached hydrogen (secondary N) is 2. The van der Waals surface area contributed by atoms with Gasteiger partial charge in [0.2, 0.25) is 0 Å². The van der Waals surface area contributed by atoms with Gasteiger partial charge in [-0.15, -0.1) is 0 Å². The number of hydrogen-bond acceptors (Lipinski definition) is 6. The second-order valence-electron chi connectivity index (χ2n) is 4.67. The molecule has 0 fully saturated rings. The molecule has 7 heteroatoms. The lowest BCUT2D eigenvalue weighted by molar-refractivity contribution is -0.141. The average molecular weight is 321 g/mol. The topological polar surface area (TPSA) is 89.0 Å². The Hall–Kier alpha value is -2.57. The van der Waals surface area contributed by atoms with Gasteiger partial charge in [0.05, 0.1) is 26.2 Å². The fourth-order valence-electron chi connectivity index (χ4n) is 1.68. The Balaban J connectivity index is 2.34. The number of rotatable bonds is 9. The van der Waals surface area contributed by atoms with E-state index in [1.54, 1.807) is 13.8 Å². The Morgan fingerprint density at radius 2 is 1.83 bits per heavy atom. The lowest BCUT2D eigenvalue weighted by atomic mass is 10.3. The number of anilines is 1. The average Bonchev–Trinajstić information content (AvgIpc) is 2.52. The van der Waals surface area contributed by atoms with Crippen molar-refractivity contribution in [2.75, 3.05) is 25.1 Å². The molecule has 0 aliphatic heterocycles. The zero-order valence-electron chi connectivity index (χ0n) is 13.7. The molecule has 0 unspecified atom stereocenters. The van der Waals surface area contributed by atoms with E-state index in [0.717, 1.165) is 11.4 Å². The fourth-order valence-corrected chi connectivity index (χ4v) is 1.68. The van der Waals surface area contributed by atoms with Crippen molar-refractivity contribution >= 4 is 23.3 Å². The Labute approximate surface area is 136 Å². The van der Waals surface area contributed by atoms with E-state index in [9.17, 15) is 9.59 Å². The second kappa shape index (κ2) is 10.2. The van der Waals surface area contributed by atoms with Crippen LogP contribution >= 0.6 is 0 Å². The molecule has 0 aromatic heterocycles. The Morgan fingerprint density at radius 3 is 2.43 bits per heavy atom. The van der Waals surface area contributed by atoms with Crippen molar-refractivity contribution in [1.29, 1.82) is 0 Å². The smallest absolute Gasteiger partial charge is 0.311 e. The standard InChI is InChI=1S/C16H23N3O4/c1-4-22-14-8-6-13(7-9-14)17-11-15(20)19-18-12(3)10-16(21)23-5-2/h6-9,17H,4-5,10-11H2,1-3H3,(H,19,20)/b18-12-. The van der Waals surface area contributed by atoms with Crippen LogP contribution in [0.2, 0.25) is 0 Å². The van der Waals surface area contributed by atoms with Gasteiger partial charge in [-0.2, -0.15) is 5.10 Å². The molecule has 0 radical (unpaired) electrons. The summed E-state index contributed by atoms with van der Waals surface area (Å²) >= 11 is 0. The maximum Gasteiger partial charge on any atom is 0.311 e. The van der Waals surface area contributed by atoms with Gasteiger partial charge in [-0.25, -0.2) is 5.43 Å². The molecule has 1 aromatic rings. The quantitative estimate of drug-likeness (QED) is 0.412. The number of benzene rings is 1. The minimum atomic E-state index is -0.365. The number of hydrazone groups is 1. The van der Waals surface area contributed by atoms with E-state index >= 15 is 0 Å². The van der Waals surface area contributed by atoms with Crippen molar-refractivity contribution in [3.63, 3.8) is 0 Å². The summed E-state index contributed by atoms with van der Waals surface area (Å²) in [5, 5.41) is 6.82. The highest BCUT2D eigenvalue weighted by Gasteiger charge is 2.05. The molecular weight excluding hydrogens is 298 g/mol. The first-order chi connectivity index (χ1) is 11.0. The fraction of sp³-hybridized carbons (Fsp3) is 0.438. The van der Waals surface area contributed by atoms with Crippen molar-refractivity contribution < 1.29 is 19.1 Å². The summed E-state index contributed by atoms with van der Waals surface area (Å²) in [7, 11) is 0. The molecule has 23 heavy (non-hydrogen) atoms. The number of esters is 1. The summed E-state index contributed by atoms with van der Waals surface area (Å²) in [5.74, 6) is 0.110. The minimum Gasteiger partial charge on any atom is -0.494 e. The van der Waals surface area contributed by atoms with Crippen LogP contribution in [0.1, 0.15) is 27.2 Å². The molecule has 0 aliphatic rings. The van der Waals surface area contributed by atoms with Gasteiger partial charge >= 0.3 is 5.97 Å². The molecule has 0 atom stereocenters.